The van der Waals surface area contributed by atoms with Gasteiger partial charge >= 0.3 is 0 Å². The minimum absolute atomic E-state index is 0.209. The maximum atomic E-state index is 11.7. The van der Waals surface area contributed by atoms with Crippen LogP contribution in [-0.2, 0) is 9.84 Å². The summed E-state index contributed by atoms with van der Waals surface area (Å²) in [5, 5.41) is 2.93. The predicted octanol–water partition coefficient (Wildman–Crippen LogP) is 1.89. The lowest BCUT2D eigenvalue weighted by atomic mass is 10.5. The Morgan fingerprint density at radius 3 is 2.71 bits per heavy atom. The molecule has 0 radical (unpaired) electrons. The van der Waals surface area contributed by atoms with Crippen molar-refractivity contribution in [3.63, 3.8) is 0 Å². The lowest BCUT2D eigenvalue weighted by Gasteiger charge is -2.00. The van der Waals surface area contributed by atoms with Crippen molar-refractivity contribution in [3.8, 4) is 0 Å². The molecule has 0 aliphatic carbocycles. The molecule has 0 fully saturated rings. The van der Waals surface area contributed by atoms with Crippen molar-refractivity contribution in [2.75, 3.05) is 19.3 Å². The third-order valence-electron chi connectivity index (χ3n) is 1.69. The zero-order chi connectivity index (χ0) is 10.6. The van der Waals surface area contributed by atoms with Gasteiger partial charge in [0.25, 0.3) is 0 Å². The Balaban J connectivity index is 2.66. The normalized spacial score (nSPS) is 11.9. The number of nitrogens with one attached hydrogen (secondary N) is 1. The first-order chi connectivity index (χ1) is 6.56. The van der Waals surface area contributed by atoms with Crippen molar-refractivity contribution in [1.29, 1.82) is 0 Å². The summed E-state index contributed by atoms with van der Waals surface area (Å²) in [4.78, 5) is 0. The molecule has 1 heterocycles. The average molecular weight is 298 g/mol. The van der Waals surface area contributed by atoms with Crippen molar-refractivity contribution in [2.24, 2.45) is 0 Å². The second-order valence-corrected chi connectivity index (χ2v) is 7.63. The monoisotopic (exact) mass is 297 g/mol. The third kappa shape index (κ3) is 3.34. The maximum Gasteiger partial charge on any atom is 0.187 e. The Kier molecular flexibility index (Phi) is 4.56. The molecule has 3 nitrogen and oxygen atoms in total. The van der Waals surface area contributed by atoms with Gasteiger partial charge in [-0.25, -0.2) is 8.42 Å². The molecule has 0 bridgehead atoms. The summed E-state index contributed by atoms with van der Waals surface area (Å²) in [6.45, 7) is 0.728. The molecule has 1 rings (SSSR count). The van der Waals surface area contributed by atoms with Gasteiger partial charge in [-0.05, 0) is 48.1 Å². The highest BCUT2D eigenvalue weighted by atomic mass is 79.9. The molecular weight excluding hydrogens is 286 g/mol. The van der Waals surface area contributed by atoms with Crippen LogP contribution in [0.4, 0.5) is 0 Å². The van der Waals surface area contributed by atoms with Crippen LogP contribution in [0, 0.1) is 0 Å². The van der Waals surface area contributed by atoms with Crippen LogP contribution < -0.4 is 5.32 Å². The average Bonchev–Trinajstić information content (AvgIpc) is 2.53. The smallest absolute Gasteiger partial charge is 0.187 e. The highest BCUT2D eigenvalue weighted by Gasteiger charge is 2.15. The Morgan fingerprint density at radius 2 is 2.21 bits per heavy atom. The van der Waals surface area contributed by atoms with Gasteiger partial charge in [0.15, 0.2) is 9.84 Å². The van der Waals surface area contributed by atoms with Crippen molar-refractivity contribution in [2.45, 2.75) is 10.6 Å². The largest absolute Gasteiger partial charge is 0.320 e. The van der Waals surface area contributed by atoms with Crippen molar-refractivity contribution < 1.29 is 8.42 Å². The summed E-state index contributed by atoms with van der Waals surface area (Å²) in [5.74, 6) is 0.209. The van der Waals surface area contributed by atoms with Crippen LogP contribution in [-0.4, -0.2) is 27.8 Å². The molecule has 0 saturated carbocycles. The molecule has 6 heteroatoms. The van der Waals surface area contributed by atoms with E-state index in [1.54, 1.807) is 12.1 Å². The SMILES string of the molecule is CNCCCS(=O)(=O)c1ccc(Br)s1. The molecule has 1 aromatic rings. The summed E-state index contributed by atoms with van der Waals surface area (Å²) in [7, 11) is -1.25. The third-order valence-corrected chi connectivity index (χ3v) is 5.70. The van der Waals surface area contributed by atoms with Gasteiger partial charge in [0.1, 0.15) is 4.21 Å². The molecule has 0 amide bonds. The van der Waals surface area contributed by atoms with Crippen LogP contribution >= 0.6 is 27.3 Å². The van der Waals surface area contributed by atoms with Crippen molar-refractivity contribution in [1.82, 2.24) is 5.32 Å². The topological polar surface area (TPSA) is 46.2 Å². The van der Waals surface area contributed by atoms with Crippen LogP contribution in [0.1, 0.15) is 6.42 Å². The fraction of sp³-hybridized carbons (Fsp3) is 0.500. The molecule has 80 valence electrons. The lowest BCUT2D eigenvalue weighted by Crippen LogP contribution is -2.13. The van der Waals surface area contributed by atoms with Crippen molar-refractivity contribution >= 4 is 37.1 Å². The fourth-order valence-electron chi connectivity index (χ4n) is 1.00. The van der Waals surface area contributed by atoms with E-state index < -0.39 is 9.84 Å². The summed E-state index contributed by atoms with van der Waals surface area (Å²) in [6, 6.07) is 3.40. The van der Waals surface area contributed by atoms with Gasteiger partial charge in [-0.2, -0.15) is 0 Å². The second-order valence-electron chi connectivity index (χ2n) is 2.83. The second kappa shape index (κ2) is 5.25. The van der Waals surface area contributed by atoms with Gasteiger partial charge in [-0.3, -0.25) is 0 Å². The standard InChI is InChI=1S/C8H12BrNO2S2/c1-10-5-2-6-14(11,12)8-4-3-7(9)13-8/h3-4,10H,2,5-6H2,1H3. The van der Waals surface area contributed by atoms with Crippen LogP contribution in [0.5, 0.6) is 0 Å². The quantitative estimate of drug-likeness (QED) is 0.845. The lowest BCUT2D eigenvalue weighted by molar-refractivity contribution is 0.594. The Labute approximate surface area is 96.6 Å². The number of sulfone groups is 1. The molecule has 0 aliphatic rings. The Morgan fingerprint density at radius 1 is 1.50 bits per heavy atom. The zero-order valence-electron chi connectivity index (χ0n) is 7.79. The first-order valence-corrected chi connectivity index (χ1v) is 7.45. The van der Waals surface area contributed by atoms with Crippen LogP contribution in [0.15, 0.2) is 20.1 Å². The van der Waals surface area contributed by atoms with Gasteiger partial charge in [0.05, 0.1) is 9.54 Å². The van der Waals surface area contributed by atoms with Gasteiger partial charge in [0.2, 0.25) is 0 Å². The summed E-state index contributed by atoms with van der Waals surface area (Å²) < 4.78 is 24.7. The van der Waals surface area contributed by atoms with E-state index in [4.69, 9.17) is 0 Å². The Bertz CT molecular complexity index is 386. The number of rotatable bonds is 5. The summed E-state index contributed by atoms with van der Waals surface area (Å²) in [6.07, 6.45) is 0.647. The van der Waals surface area contributed by atoms with Crippen LogP contribution in [0.2, 0.25) is 0 Å². The first kappa shape index (κ1) is 12.2. The summed E-state index contributed by atoms with van der Waals surface area (Å²) >= 11 is 4.51. The summed E-state index contributed by atoms with van der Waals surface area (Å²) in [5.41, 5.74) is 0. The first-order valence-electron chi connectivity index (χ1n) is 4.19. The van der Waals surface area contributed by atoms with Crippen molar-refractivity contribution in [3.05, 3.63) is 15.9 Å². The minimum atomic E-state index is -3.06. The van der Waals surface area contributed by atoms with E-state index >= 15 is 0 Å². The van der Waals surface area contributed by atoms with Crippen LogP contribution in [0.3, 0.4) is 0 Å². The van der Waals surface area contributed by atoms with Crippen LogP contribution in [0.25, 0.3) is 0 Å². The highest BCUT2D eigenvalue weighted by molar-refractivity contribution is 9.11. The van der Waals surface area contributed by atoms with Gasteiger partial charge in [0, 0.05) is 0 Å². The maximum absolute atomic E-state index is 11.7. The zero-order valence-corrected chi connectivity index (χ0v) is 11.0. The van der Waals surface area contributed by atoms with E-state index in [9.17, 15) is 8.42 Å². The number of halogens is 1. The number of thiophene rings is 1. The number of hydrogen-bond acceptors (Lipinski definition) is 4. The molecule has 14 heavy (non-hydrogen) atoms. The molecular formula is C8H12BrNO2S2. The van der Waals surface area contributed by atoms with E-state index in [0.717, 1.165) is 10.3 Å². The van der Waals surface area contributed by atoms with E-state index in [-0.39, 0.29) is 5.75 Å². The molecule has 0 atom stereocenters. The number of hydrogen-bond donors (Lipinski definition) is 1. The molecule has 1 aromatic heterocycles. The van der Waals surface area contributed by atoms with E-state index in [1.807, 2.05) is 7.05 Å². The van der Waals surface area contributed by atoms with E-state index in [2.05, 4.69) is 21.2 Å². The molecule has 0 saturated heterocycles. The highest BCUT2D eigenvalue weighted by Crippen LogP contribution is 2.26. The van der Waals surface area contributed by atoms with E-state index in [1.165, 1.54) is 11.3 Å². The fourth-order valence-corrected chi connectivity index (χ4v) is 4.47. The molecule has 0 aliphatic heterocycles. The molecule has 1 N–H and O–H groups in total. The van der Waals surface area contributed by atoms with Gasteiger partial charge in [-0.15, -0.1) is 11.3 Å². The minimum Gasteiger partial charge on any atom is -0.320 e. The van der Waals surface area contributed by atoms with Gasteiger partial charge in [-0.1, -0.05) is 0 Å². The molecule has 0 unspecified atom stereocenters. The molecule has 0 aromatic carbocycles. The Hall–Kier alpha value is 0.0900. The van der Waals surface area contributed by atoms with E-state index in [0.29, 0.717) is 10.6 Å². The predicted molar refractivity (Wildman–Crippen MR) is 62.6 cm³/mol. The molecule has 0 spiro atoms. The van der Waals surface area contributed by atoms with Gasteiger partial charge < -0.3 is 5.32 Å².